The maximum Gasteiger partial charge on any atom is 0.211 e. The minimum atomic E-state index is -0.770. The minimum Gasteiger partial charge on any atom is -0.493 e. The molecule has 1 atom stereocenters. The normalized spacial score (nSPS) is 13.5. The van der Waals surface area contributed by atoms with E-state index in [1.165, 1.54) is 13.0 Å². The zero-order valence-corrected chi connectivity index (χ0v) is 5.94. The first kappa shape index (κ1) is 7.08. The van der Waals surface area contributed by atoms with Gasteiger partial charge in [0.05, 0.1) is 5.69 Å². The second-order valence-corrected chi connectivity index (χ2v) is 2.22. The predicted molar refractivity (Wildman–Crippen MR) is 35.6 cm³/mol. The van der Waals surface area contributed by atoms with Gasteiger partial charge in [0.15, 0.2) is 0 Å². The van der Waals surface area contributed by atoms with Crippen molar-refractivity contribution in [1.82, 2.24) is 9.78 Å². The van der Waals surface area contributed by atoms with Crippen molar-refractivity contribution >= 4 is 0 Å². The molecule has 1 aromatic rings. The Labute approximate surface area is 58.7 Å². The number of nitrogens with zero attached hydrogens (tertiary/aromatic N) is 2. The molecule has 0 radical (unpaired) electrons. The number of aromatic nitrogens is 2. The first-order valence-corrected chi connectivity index (χ1v) is 3.04. The highest BCUT2D eigenvalue weighted by molar-refractivity contribution is 5.12. The smallest absolute Gasteiger partial charge is 0.211 e. The number of hydrogen-bond acceptors (Lipinski definition) is 3. The Bertz CT molecular complexity index is 230. The van der Waals surface area contributed by atoms with Crippen LogP contribution in [-0.2, 0) is 0 Å². The first-order valence-electron chi connectivity index (χ1n) is 3.04. The van der Waals surface area contributed by atoms with E-state index in [9.17, 15) is 0 Å². The highest BCUT2D eigenvalue weighted by Gasteiger charge is 2.06. The third-order valence-electron chi connectivity index (χ3n) is 1.19. The quantitative estimate of drug-likeness (QED) is 0.597. The summed E-state index contributed by atoms with van der Waals surface area (Å²) < 4.78 is 1.15. The van der Waals surface area contributed by atoms with Crippen LogP contribution in [0.25, 0.3) is 0 Å². The molecule has 2 N–H and O–H groups in total. The van der Waals surface area contributed by atoms with Crippen molar-refractivity contribution in [3.8, 4) is 5.88 Å². The zero-order chi connectivity index (χ0) is 7.72. The highest BCUT2D eigenvalue weighted by Crippen LogP contribution is 2.14. The number of rotatable bonds is 1. The Morgan fingerprint density at radius 3 is 2.50 bits per heavy atom. The van der Waals surface area contributed by atoms with Crippen molar-refractivity contribution in [2.45, 2.75) is 20.1 Å². The van der Waals surface area contributed by atoms with Crippen LogP contribution >= 0.6 is 0 Å². The number of aliphatic hydroxyl groups is 1. The number of aliphatic hydroxyl groups excluding tert-OH is 1. The lowest BCUT2D eigenvalue weighted by molar-refractivity contribution is 0.100. The molecule has 0 fully saturated rings. The lowest BCUT2D eigenvalue weighted by atomic mass is 10.5. The predicted octanol–water partition coefficient (Wildman–Crippen LogP) is 0.408. The van der Waals surface area contributed by atoms with Gasteiger partial charge in [-0.1, -0.05) is 0 Å². The molecule has 0 bridgehead atoms. The van der Waals surface area contributed by atoms with Crippen LogP contribution < -0.4 is 0 Å². The van der Waals surface area contributed by atoms with Crippen LogP contribution in [0.5, 0.6) is 5.88 Å². The molecule has 0 aliphatic carbocycles. The van der Waals surface area contributed by atoms with E-state index < -0.39 is 6.23 Å². The van der Waals surface area contributed by atoms with Crippen LogP contribution in [0.1, 0.15) is 18.8 Å². The third kappa shape index (κ3) is 1.11. The van der Waals surface area contributed by atoms with Crippen LogP contribution in [0, 0.1) is 6.92 Å². The van der Waals surface area contributed by atoms with E-state index in [2.05, 4.69) is 5.10 Å². The average molecular weight is 142 g/mol. The van der Waals surface area contributed by atoms with E-state index in [0.717, 1.165) is 4.68 Å². The topological polar surface area (TPSA) is 58.3 Å². The van der Waals surface area contributed by atoms with Gasteiger partial charge in [0.1, 0.15) is 6.23 Å². The summed E-state index contributed by atoms with van der Waals surface area (Å²) in [7, 11) is 0. The summed E-state index contributed by atoms with van der Waals surface area (Å²) in [5.41, 5.74) is 0.693. The summed E-state index contributed by atoms with van der Waals surface area (Å²) in [6.07, 6.45) is -0.770. The summed E-state index contributed by atoms with van der Waals surface area (Å²) in [6, 6.07) is 1.49. The van der Waals surface area contributed by atoms with Gasteiger partial charge in [-0.15, -0.1) is 0 Å². The van der Waals surface area contributed by atoms with Crippen molar-refractivity contribution in [1.29, 1.82) is 0 Å². The fourth-order valence-electron chi connectivity index (χ4n) is 0.778. The summed E-state index contributed by atoms with van der Waals surface area (Å²) >= 11 is 0. The van der Waals surface area contributed by atoms with E-state index in [0.29, 0.717) is 5.69 Å². The Balaban J connectivity index is 3.03. The van der Waals surface area contributed by atoms with Gasteiger partial charge >= 0.3 is 0 Å². The van der Waals surface area contributed by atoms with Crippen LogP contribution in [-0.4, -0.2) is 20.0 Å². The molecule has 0 aliphatic heterocycles. The molecule has 0 saturated carbocycles. The fraction of sp³-hybridized carbons (Fsp3) is 0.500. The molecule has 1 unspecified atom stereocenters. The summed E-state index contributed by atoms with van der Waals surface area (Å²) in [5.74, 6) is -0.00694. The van der Waals surface area contributed by atoms with Crippen LogP contribution in [0.15, 0.2) is 6.07 Å². The Morgan fingerprint density at radius 2 is 2.30 bits per heavy atom. The number of aryl methyl sites for hydroxylation is 1. The van der Waals surface area contributed by atoms with Crippen molar-refractivity contribution in [2.75, 3.05) is 0 Å². The van der Waals surface area contributed by atoms with Crippen molar-refractivity contribution in [3.63, 3.8) is 0 Å². The van der Waals surface area contributed by atoms with Gasteiger partial charge in [-0.05, 0) is 13.8 Å². The van der Waals surface area contributed by atoms with Gasteiger partial charge in [-0.25, -0.2) is 4.68 Å². The molecule has 0 aromatic carbocycles. The van der Waals surface area contributed by atoms with Crippen LogP contribution in [0.4, 0.5) is 0 Å². The molecule has 0 amide bonds. The first-order chi connectivity index (χ1) is 4.61. The minimum absolute atomic E-state index is 0.00694. The maximum atomic E-state index is 9.04. The molecular weight excluding hydrogens is 132 g/mol. The number of hydrogen-bond donors (Lipinski definition) is 2. The van der Waals surface area contributed by atoms with E-state index in [1.807, 2.05) is 0 Å². The summed E-state index contributed by atoms with van der Waals surface area (Å²) in [4.78, 5) is 0. The van der Waals surface area contributed by atoms with Gasteiger partial charge in [-0.3, -0.25) is 0 Å². The molecular formula is C6H10N2O2. The molecule has 0 aliphatic rings. The molecule has 1 heterocycles. The zero-order valence-electron chi connectivity index (χ0n) is 5.94. The van der Waals surface area contributed by atoms with Gasteiger partial charge in [0.25, 0.3) is 0 Å². The van der Waals surface area contributed by atoms with Crippen molar-refractivity contribution in [3.05, 3.63) is 11.8 Å². The van der Waals surface area contributed by atoms with Gasteiger partial charge in [-0.2, -0.15) is 5.10 Å². The maximum absolute atomic E-state index is 9.04. The van der Waals surface area contributed by atoms with E-state index in [1.54, 1.807) is 6.92 Å². The second kappa shape index (κ2) is 2.30. The second-order valence-electron chi connectivity index (χ2n) is 2.22. The molecule has 4 nitrogen and oxygen atoms in total. The Kier molecular flexibility index (Phi) is 1.63. The molecule has 56 valence electrons. The molecule has 1 rings (SSSR count). The molecule has 10 heavy (non-hydrogen) atoms. The third-order valence-corrected chi connectivity index (χ3v) is 1.19. The van der Waals surface area contributed by atoms with Gasteiger partial charge < -0.3 is 10.2 Å². The van der Waals surface area contributed by atoms with Crippen LogP contribution in [0.2, 0.25) is 0 Å². The largest absolute Gasteiger partial charge is 0.493 e. The molecule has 4 heteroatoms. The monoisotopic (exact) mass is 142 g/mol. The standard InChI is InChI=1S/C6H10N2O2/c1-4-3-6(10)8(7-4)5(2)9/h3,5,9-10H,1-2H3. The van der Waals surface area contributed by atoms with E-state index >= 15 is 0 Å². The van der Waals surface area contributed by atoms with Crippen molar-refractivity contribution in [2.24, 2.45) is 0 Å². The van der Waals surface area contributed by atoms with Gasteiger partial charge in [0.2, 0.25) is 5.88 Å². The fourth-order valence-corrected chi connectivity index (χ4v) is 0.778. The molecule has 0 saturated heterocycles. The Morgan fingerprint density at radius 1 is 1.70 bits per heavy atom. The van der Waals surface area contributed by atoms with Crippen molar-refractivity contribution < 1.29 is 10.2 Å². The summed E-state index contributed by atoms with van der Waals surface area (Å²) in [6.45, 7) is 3.28. The summed E-state index contributed by atoms with van der Waals surface area (Å²) in [5, 5.41) is 21.8. The average Bonchev–Trinajstić information content (AvgIpc) is 2.10. The SMILES string of the molecule is Cc1cc(O)n(C(C)O)n1. The van der Waals surface area contributed by atoms with Crippen LogP contribution in [0.3, 0.4) is 0 Å². The van der Waals surface area contributed by atoms with E-state index in [-0.39, 0.29) is 5.88 Å². The number of aromatic hydroxyl groups is 1. The van der Waals surface area contributed by atoms with Gasteiger partial charge in [0, 0.05) is 6.07 Å². The van der Waals surface area contributed by atoms with E-state index in [4.69, 9.17) is 10.2 Å². The molecule has 1 aromatic heterocycles. The molecule has 0 spiro atoms. The Hall–Kier alpha value is -1.03. The lowest BCUT2D eigenvalue weighted by Crippen LogP contribution is -2.04. The lowest BCUT2D eigenvalue weighted by Gasteiger charge is -2.03. The highest BCUT2D eigenvalue weighted by atomic mass is 16.3.